The first-order valence-electron chi connectivity index (χ1n) is 9.38. The van der Waals surface area contributed by atoms with Crippen LogP contribution in [0.15, 0.2) is 78.2 Å². The van der Waals surface area contributed by atoms with Crippen molar-refractivity contribution in [3.8, 4) is 11.1 Å². The van der Waals surface area contributed by atoms with Crippen molar-refractivity contribution in [1.29, 1.82) is 0 Å². The Labute approximate surface area is 166 Å². The second-order valence-corrected chi connectivity index (χ2v) is 6.71. The third kappa shape index (κ3) is 3.12. The zero-order valence-electron chi connectivity index (χ0n) is 15.5. The van der Waals surface area contributed by atoms with Gasteiger partial charge in [0.1, 0.15) is 11.8 Å². The Balaban J connectivity index is 1.52. The van der Waals surface area contributed by atoms with Crippen molar-refractivity contribution in [2.75, 3.05) is 11.9 Å². The standard InChI is InChI=1S/C22H18N6O/c29-22-18(15-6-2-1-3-7-15)16(12-17-8-4-5-11-28(17)22)9-10-23-20-19-21(25-13-24-19)27-14-26-20/h1-8,11-14H,9-10H2,(H2,23,24,25,26,27). The fraction of sp³-hybridized carbons (Fsp3) is 0.0909. The van der Waals surface area contributed by atoms with E-state index in [9.17, 15) is 4.79 Å². The van der Waals surface area contributed by atoms with E-state index in [1.54, 1.807) is 16.9 Å². The lowest BCUT2D eigenvalue weighted by atomic mass is 9.98. The predicted octanol–water partition coefficient (Wildman–Crippen LogP) is 3.29. The number of rotatable bonds is 5. The van der Waals surface area contributed by atoms with Gasteiger partial charge in [0.25, 0.3) is 5.56 Å². The van der Waals surface area contributed by atoms with E-state index in [0.717, 1.165) is 22.2 Å². The molecule has 4 aromatic heterocycles. The zero-order valence-corrected chi connectivity index (χ0v) is 15.5. The van der Waals surface area contributed by atoms with Crippen LogP contribution in [0.25, 0.3) is 27.8 Å². The van der Waals surface area contributed by atoms with Crippen LogP contribution in [-0.2, 0) is 6.42 Å². The molecule has 0 aliphatic heterocycles. The first kappa shape index (κ1) is 17.1. The summed E-state index contributed by atoms with van der Waals surface area (Å²) in [6, 6.07) is 17.6. The number of imidazole rings is 1. The topological polar surface area (TPSA) is 88.0 Å². The summed E-state index contributed by atoms with van der Waals surface area (Å²) in [6.07, 6.45) is 5.57. The highest BCUT2D eigenvalue weighted by atomic mass is 16.1. The van der Waals surface area contributed by atoms with Crippen LogP contribution in [0, 0.1) is 0 Å². The van der Waals surface area contributed by atoms with Crippen molar-refractivity contribution in [1.82, 2.24) is 24.3 Å². The molecule has 0 bridgehead atoms. The Kier molecular flexibility index (Phi) is 4.25. The van der Waals surface area contributed by atoms with Crippen LogP contribution in [0.3, 0.4) is 0 Å². The van der Waals surface area contributed by atoms with Crippen LogP contribution in [0.4, 0.5) is 5.82 Å². The van der Waals surface area contributed by atoms with Gasteiger partial charge in [0.05, 0.1) is 11.9 Å². The third-order valence-corrected chi connectivity index (χ3v) is 4.93. The molecule has 0 aliphatic rings. The minimum Gasteiger partial charge on any atom is -0.368 e. The van der Waals surface area contributed by atoms with E-state index in [2.05, 4.69) is 31.3 Å². The normalized spacial score (nSPS) is 11.2. The molecule has 4 heterocycles. The molecule has 29 heavy (non-hydrogen) atoms. The number of nitrogens with one attached hydrogen (secondary N) is 2. The fourth-order valence-corrected chi connectivity index (χ4v) is 3.59. The largest absolute Gasteiger partial charge is 0.368 e. The summed E-state index contributed by atoms with van der Waals surface area (Å²) >= 11 is 0. The second-order valence-electron chi connectivity index (χ2n) is 6.71. The Morgan fingerprint density at radius 2 is 1.86 bits per heavy atom. The summed E-state index contributed by atoms with van der Waals surface area (Å²) in [5.41, 5.74) is 4.90. The van der Waals surface area contributed by atoms with Crippen LogP contribution in [0.2, 0.25) is 0 Å². The van der Waals surface area contributed by atoms with Gasteiger partial charge in [-0.15, -0.1) is 0 Å². The summed E-state index contributed by atoms with van der Waals surface area (Å²) in [5.74, 6) is 0.676. The lowest BCUT2D eigenvalue weighted by Gasteiger charge is -2.13. The maximum absolute atomic E-state index is 13.2. The van der Waals surface area contributed by atoms with Crippen LogP contribution >= 0.6 is 0 Å². The van der Waals surface area contributed by atoms with Gasteiger partial charge in [0, 0.05) is 18.3 Å². The van der Waals surface area contributed by atoms with E-state index in [-0.39, 0.29) is 5.56 Å². The molecule has 142 valence electrons. The molecule has 0 saturated heterocycles. The molecule has 0 unspecified atom stereocenters. The minimum atomic E-state index is -0.0129. The summed E-state index contributed by atoms with van der Waals surface area (Å²) in [5, 5.41) is 3.33. The average molecular weight is 382 g/mol. The number of fused-ring (bicyclic) bond motifs is 2. The summed E-state index contributed by atoms with van der Waals surface area (Å²) in [6.45, 7) is 0.612. The van der Waals surface area contributed by atoms with Gasteiger partial charge in [-0.25, -0.2) is 15.0 Å². The lowest BCUT2D eigenvalue weighted by Crippen LogP contribution is -2.19. The molecule has 0 amide bonds. The first-order valence-corrected chi connectivity index (χ1v) is 9.38. The molecule has 0 atom stereocenters. The molecule has 0 spiro atoms. The number of aromatic nitrogens is 5. The van der Waals surface area contributed by atoms with E-state index in [1.807, 2.05) is 48.5 Å². The van der Waals surface area contributed by atoms with Crippen molar-refractivity contribution < 1.29 is 0 Å². The molecule has 0 radical (unpaired) electrons. The SMILES string of the molecule is O=c1c(-c2ccccc2)c(CCNc2ncnc3[nH]cnc23)cc2ccccn12. The maximum Gasteiger partial charge on any atom is 0.263 e. The smallest absolute Gasteiger partial charge is 0.263 e. The molecule has 7 heteroatoms. The minimum absolute atomic E-state index is 0.0129. The van der Waals surface area contributed by atoms with E-state index < -0.39 is 0 Å². The Morgan fingerprint density at radius 3 is 2.76 bits per heavy atom. The molecule has 0 saturated carbocycles. The number of aromatic amines is 1. The fourth-order valence-electron chi connectivity index (χ4n) is 3.59. The summed E-state index contributed by atoms with van der Waals surface area (Å²) in [7, 11) is 0. The molecule has 0 aliphatic carbocycles. The maximum atomic E-state index is 13.2. The Morgan fingerprint density at radius 1 is 1.00 bits per heavy atom. The van der Waals surface area contributed by atoms with Gasteiger partial charge in [0.2, 0.25) is 0 Å². The summed E-state index contributed by atoms with van der Waals surface area (Å²) < 4.78 is 1.69. The molecule has 2 N–H and O–H groups in total. The number of nitrogens with zero attached hydrogens (tertiary/aromatic N) is 4. The van der Waals surface area contributed by atoms with E-state index in [0.29, 0.717) is 29.9 Å². The van der Waals surface area contributed by atoms with Gasteiger partial charge in [0.15, 0.2) is 11.5 Å². The van der Waals surface area contributed by atoms with E-state index in [4.69, 9.17) is 0 Å². The predicted molar refractivity (Wildman–Crippen MR) is 113 cm³/mol. The number of hydrogen-bond donors (Lipinski definition) is 2. The number of pyridine rings is 2. The van der Waals surface area contributed by atoms with Gasteiger partial charge < -0.3 is 10.3 Å². The van der Waals surface area contributed by atoms with Crippen molar-refractivity contribution in [3.05, 3.63) is 89.4 Å². The van der Waals surface area contributed by atoms with E-state index in [1.165, 1.54) is 6.33 Å². The van der Waals surface area contributed by atoms with Crippen molar-refractivity contribution in [3.63, 3.8) is 0 Å². The number of H-pyrrole nitrogens is 1. The van der Waals surface area contributed by atoms with Gasteiger partial charge in [-0.2, -0.15) is 0 Å². The van der Waals surface area contributed by atoms with Crippen LogP contribution < -0.4 is 10.9 Å². The molecule has 0 fully saturated rings. The quantitative estimate of drug-likeness (QED) is 0.487. The third-order valence-electron chi connectivity index (χ3n) is 4.93. The van der Waals surface area contributed by atoms with Gasteiger partial charge in [-0.1, -0.05) is 36.4 Å². The molecular weight excluding hydrogens is 364 g/mol. The van der Waals surface area contributed by atoms with Crippen molar-refractivity contribution in [2.45, 2.75) is 6.42 Å². The van der Waals surface area contributed by atoms with Crippen LogP contribution in [0.1, 0.15) is 5.56 Å². The van der Waals surface area contributed by atoms with Gasteiger partial charge in [-0.3, -0.25) is 9.20 Å². The van der Waals surface area contributed by atoms with Crippen LogP contribution in [-0.4, -0.2) is 30.9 Å². The second kappa shape index (κ2) is 7.20. The highest BCUT2D eigenvalue weighted by Gasteiger charge is 2.13. The number of benzene rings is 1. The highest BCUT2D eigenvalue weighted by molar-refractivity contribution is 5.82. The molecule has 7 nitrogen and oxygen atoms in total. The average Bonchev–Trinajstić information content (AvgIpc) is 3.24. The molecule has 5 aromatic rings. The van der Waals surface area contributed by atoms with Crippen molar-refractivity contribution in [2.24, 2.45) is 0 Å². The van der Waals surface area contributed by atoms with Crippen molar-refractivity contribution >= 4 is 22.5 Å². The number of anilines is 1. The first-order chi connectivity index (χ1) is 14.3. The van der Waals surface area contributed by atoms with Crippen LogP contribution in [0.5, 0.6) is 0 Å². The van der Waals surface area contributed by atoms with E-state index >= 15 is 0 Å². The van der Waals surface area contributed by atoms with Gasteiger partial charge >= 0.3 is 0 Å². The zero-order chi connectivity index (χ0) is 19.6. The lowest BCUT2D eigenvalue weighted by molar-refractivity contribution is 0.987. The molecule has 1 aromatic carbocycles. The summed E-state index contributed by atoms with van der Waals surface area (Å²) in [4.78, 5) is 28.9. The molecular formula is C22H18N6O. The highest BCUT2D eigenvalue weighted by Crippen LogP contribution is 2.22. The Hall–Kier alpha value is -4.00. The Bertz CT molecular complexity index is 1360. The monoisotopic (exact) mass is 382 g/mol. The molecule has 5 rings (SSSR count). The van der Waals surface area contributed by atoms with Gasteiger partial charge in [-0.05, 0) is 35.7 Å². The number of hydrogen-bond acceptors (Lipinski definition) is 5.